The number of hydrogen-bond donors (Lipinski definition) is 1. The van der Waals surface area contributed by atoms with Gasteiger partial charge in [0, 0.05) is 36.4 Å². The zero-order valence-electron chi connectivity index (χ0n) is 24.9. The van der Waals surface area contributed by atoms with Gasteiger partial charge in [0.05, 0.1) is 17.5 Å². The van der Waals surface area contributed by atoms with Crippen molar-refractivity contribution in [3.8, 4) is 0 Å². The van der Waals surface area contributed by atoms with Crippen LogP contribution in [0.2, 0.25) is 0 Å². The summed E-state index contributed by atoms with van der Waals surface area (Å²) in [5.74, 6) is -0.698. The molecule has 0 spiro atoms. The predicted octanol–water partition coefficient (Wildman–Crippen LogP) is 6.57. The molecule has 2 atom stereocenters. The molecule has 238 valence electrons. The van der Waals surface area contributed by atoms with Crippen LogP contribution in [0.1, 0.15) is 49.8 Å². The summed E-state index contributed by atoms with van der Waals surface area (Å²) >= 11 is 3.45. The van der Waals surface area contributed by atoms with Crippen molar-refractivity contribution in [2.24, 2.45) is 0 Å². The minimum absolute atomic E-state index is 0.0160. The molecule has 2 amide bonds. The fourth-order valence-corrected chi connectivity index (χ4v) is 6.07. The molecule has 3 aromatic carbocycles. The van der Waals surface area contributed by atoms with Crippen LogP contribution in [-0.2, 0) is 38.8 Å². The van der Waals surface area contributed by atoms with E-state index < -0.39 is 27.8 Å². The van der Waals surface area contributed by atoms with Crippen LogP contribution in [0.15, 0.2) is 83.3 Å². The van der Waals surface area contributed by atoms with Gasteiger partial charge in [0.25, 0.3) is 0 Å². The third-order valence-electron chi connectivity index (χ3n) is 7.13. The fraction of sp³-hybridized carbons (Fsp3) is 0.375. The lowest BCUT2D eigenvalue weighted by Crippen LogP contribution is -2.52. The van der Waals surface area contributed by atoms with Gasteiger partial charge in [0.2, 0.25) is 21.8 Å². The molecule has 0 heterocycles. The zero-order chi connectivity index (χ0) is 32.5. The summed E-state index contributed by atoms with van der Waals surface area (Å²) in [6, 6.07) is 19.8. The maximum Gasteiger partial charge on any atom is 0.416 e. The smallest absolute Gasteiger partial charge is 0.352 e. The Kier molecular flexibility index (Phi) is 12.4. The molecule has 0 bridgehead atoms. The Labute approximate surface area is 265 Å². The van der Waals surface area contributed by atoms with Gasteiger partial charge in [0.15, 0.2) is 0 Å². The first-order valence-electron chi connectivity index (χ1n) is 14.2. The number of hydrogen-bond acceptors (Lipinski definition) is 4. The minimum Gasteiger partial charge on any atom is -0.352 e. The number of carbonyl (C=O) groups is 2. The van der Waals surface area contributed by atoms with Gasteiger partial charge in [-0.25, -0.2) is 8.42 Å². The molecule has 0 saturated carbocycles. The number of anilines is 1. The lowest BCUT2D eigenvalue weighted by molar-refractivity contribution is -0.141. The van der Waals surface area contributed by atoms with Gasteiger partial charge in [0.1, 0.15) is 6.04 Å². The van der Waals surface area contributed by atoms with Crippen molar-refractivity contribution >= 4 is 43.5 Å². The number of benzene rings is 3. The van der Waals surface area contributed by atoms with Crippen molar-refractivity contribution in [1.29, 1.82) is 0 Å². The van der Waals surface area contributed by atoms with E-state index in [1.165, 1.54) is 11.0 Å². The Hall–Kier alpha value is -3.38. The molecule has 3 rings (SSSR count). The lowest BCUT2D eigenvalue weighted by atomic mass is 10.0. The summed E-state index contributed by atoms with van der Waals surface area (Å²) < 4.78 is 66.8. The second-order valence-corrected chi connectivity index (χ2v) is 13.5. The number of rotatable bonds is 14. The SMILES string of the molecule is CC[C@H](C)NC(=O)[C@@H](Cc1ccccc1)N(Cc1cccc(Br)c1)C(=O)CCCN(c1cccc(C(F)(F)F)c1)S(C)(=O)=O. The van der Waals surface area contributed by atoms with Crippen molar-refractivity contribution in [3.63, 3.8) is 0 Å². The molecule has 0 aliphatic heterocycles. The molecule has 0 unspecified atom stereocenters. The van der Waals surface area contributed by atoms with E-state index in [0.717, 1.165) is 44.4 Å². The molecule has 0 fully saturated rings. The summed E-state index contributed by atoms with van der Waals surface area (Å²) in [5, 5.41) is 2.99. The maximum atomic E-state index is 13.9. The van der Waals surface area contributed by atoms with Crippen molar-refractivity contribution in [1.82, 2.24) is 10.2 Å². The Morgan fingerprint density at radius 2 is 1.61 bits per heavy atom. The molecule has 0 aliphatic carbocycles. The molecule has 7 nitrogen and oxygen atoms in total. The number of amides is 2. The number of nitrogens with one attached hydrogen (secondary N) is 1. The van der Waals surface area contributed by atoms with E-state index in [1.54, 1.807) is 0 Å². The first-order chi connectivity index (χ1) is 20.7. The third kappa shape index (κ3) is 10.4. The highest BCUT2D eigenvalue weighted by Gasteiger charge is 2.33. The largest absolute Gasteiger partial charge is 0.416 e. The van der Waals surface area contributed by atoms with E-state index in [4.69, 9.17) is 0 Å². The zero-order valence-corrected chi connectivity index (χ0v) is 27.3. The summed E-state index contributed by atoms with van der Waals surface area (Å²) in [5.41, 5.74) is 0.521. The van der Waals surface area contributed by atoms with E-state index in [1.807, 2.05) is 68.4 Å². The topological polar surface area (TPSA) is 86.8 Å². The van der Waals surface area contributed by atoms with E-state index >= 15 is 0 Å². The first-order valence-corrected chi connectivity index (χ1v) is 16.9. The second kappa shape index (κ2) is 15.6. The molecule has 0 aliphatic rings. The molecule has 0 aromatic heterocycles. The van der Waals surface area contributed by atoms with Crippen molar-refractivity contribution < 1.29 is 31.2 Å². The van der Waals surface area contributed by atoms with Crippen molar-refractivity contribution in [2.75, 3.05) is 17.1 Å². The highest BCUT2D eigenvalue weighted by molar-refractivity contribution is 9.10. The van der Waals surface area contributed by atoms with Gasteiger partial charge in [-0.1, -0.05) is 71.4 Å². The predicted molar refractivity (Wildman–Crippen MR) is 169 cm³/mol. The average Bonchev–Trinajstić information content (AvgIpc) is 2.96. The number of halogens is 4. The normalized spacial score (nSPS) is 13.2. The van der Waals surface area contributed by atoms with Crippen LogP contribution in [0.25, 0.3) is 0 Å². The maximum absolute atomic E-state index is 13.9. The van der Waals surface area contributed by atoms with Crippen LogP contribution in [0.5, 0.6) is 0 Å². The Morgan fingerprint density at radius 1 is 0.955 bits per heavy atom. The van der Waals surface area contributed by atoms with Gasteiger partial charge in [-0.05, 0) is 61.2 Å². The number of alkyl halides is 3. The van der Waals surface area contributed by atoms with Crippen LogP contribution in [0.3, 0.4) is 0 Å². The Balaban J connectivity index is 1.91. The van der Waals surface area contributed by atoms with Gasteiger partial charge >= 0.3 is 6.18 Å². The van der Waals surface area contributed by atoms with Crippen LogP contribution in [0, 0.1) is 0 Å². The minimum atomic E-state index is -4.65. The summed E-state index contributed by atoms with van der Waals surface area (Å²) in [6.45, 7) is 3.72. The molecule has 3 aromatic rings. The molecule has 0 saturated heterocycles. The monoisotopic (exact) mass is 695 g/mol. The third-order valence-corrected chi connectivity index (χ3v) is 8.82. The highest BCUT2D eigenvalue weighted by atomic mass is 79.9. The van der Waals surface area contributed by atoms with Crippen molar-refractivity contribution in [2.45, 2.75) is 64.3 Å². The van der Waals surface area contributed by atoms with Gasteiger partial charge in [-0.3, -0.25) is 13.9 Å². The van der Waals surface area contributed by atoms with Gasteiger partial charge in [-0.15, -0.1) is 0 Å². The fourth-order valence-electron chi connectivity index (χ4n) is 4.67. The van der Waals surface area contributed by atoms with Crippen LogP contribution in [0.4, 0.5) is 18.9 Å². The van der Waals surface area contributed by atoms with Crippen LogP contribution >= 0.6 is 15.9 Å². The molecule has 0 radical (unpaired) electrons. The van der Waals surface area contributed by atoms with Crippen molar-refractivity contribution in [3.05, 3.63) is 100 Å². The highest BCUT2D eigenvalue weighted by Crippen LogP contribution is 2.32. The Morgan fingerprint density at radius 3 is 2.23 bits per heavy atom. The molecular formula is C32H37BrF3N3O4S. The molecular weight excluding hydrogens is 659 g/mol. The van der Waals surface area contributed by atoms with E-state index in [2.05, 4.69) is 21.2 Å². The summed E-state index contributed by atoms with van der Waals surface area (Å²) in [4.78, 5) is 29.0. The second-order valence-electron chi connectivity index (χ2n) is 10.7. The average molecular weight is 697 g/mol. The molecule has 1 N–H and O–H groups in total. The quantitative estimate of drug-likeness (QED) is 0.207. The molecule has 44 heavy (non-hydrogen) atoms. The molecule has 12 heteroatoms. The number of nitrogens with zero attached hydrogens (tertiary/aromatic N) is 2. The van der Waals surface area contributed by atoms with Gasteiger partial charge in [-0.2, -0.15) is 13.2 Å². The van der Waals surface area contributed by atoms with Crippen LogP contribution in [-0.4, -0.2) is 50.0 Å². The number of sulfonamides is 1. The van der Waals surface area contributed by atoms with E-state index in [9.17, 15) is 31.2 Å². The standard InChI is InChI=1S/C32H37BrF3N3O4S/c1-4-23(2)37-31(41)29(20-24-11-6-5-7-12-24)38(22-25-13-8-15-27(33)19-25)30(40)17-10-18-39(44(3,42)43)28-16-9-14-26(21-28)32(34,35)36/h5-9,11-16,19,21,23,29H,4,10,17-18,20,22H2,1-3H3,(H,37,41)/t23-,29+/m0/s1. The van der Waals surface area contributed by atoms with Crippen LogP contribution < -0.4 is 9.62 Å². The number of carbonyl (C=O) groups excluding carboxylic acids is 2. The Bertz CT molecular complexity index is 1520. The van der Waals surface area contributed by atoms with Gasteiger partial charge < -0.3 is 10.2 Å². The first kappa shape index (κ1) is 35.1. The van der Waals surface area contributed by atoms with E-state index in [0.29, 0.717) is 6.42 Å². The van der Waals surface area contributed by atoms with E-state index in [-0.39, 0.29) is 55.9 Å². The summed E-state index contributed by atoms with van der Waals surface area (Å²) in [6.07, 6.45) is -2.92. The summed E-state index contributed by atoms with van der Waals surface area (Å²) in [7, 11) is -3.97. The lowest BCUT2D eigenvalue weighted by Gasteiger charge is -2.33.